The van der Waals surface area contributed by atoms with Crippen LogP contribution >= 0.6 is 0 Å². The maximum absolute atomic E-state index is 12.3. The Morgan fingerprint density at radius 3 is 2.85 bits per heavy atom. The van der Waals surface area contributed by atoms with Crippen LogP contribution in [0.4, 0.5) is 0 Å². The lowest BCUT2D eigenvalue weighted by Gasteiger charge is -2.32. The fraction of sp³-hybridized carbons (Fsp3) is 0.353. The van der Waals surface area contributed by atoms with E-state index in [1.54, 1.807) is 0 Å². The van der Waals surface area contributed by atoms with Gasteiger partial charge in [0.25, 0.3) is 0 Å². The van der Waals surface area contributed by atoms with Crippen LogP contribution in [0.1, 0.15) is 12.5 Å². The van der Waals surface area contributed by atoms with Gasteiger partial charge in [0.2, 0.25) is 5.91 Å². The van der Waals surface area contributed by atoms with E-state index in [1.807, 2.05) is 17.0 Å². The molecule has 2 aromatic carbocycles. The Balaban J connectivity index is 1.73. The molecule has 3 rings (SSSR count). The summed E-state index contributed by atoms with van der Waals surface area (Å²) in [6, 6.07) is 14.9. The Hall–Kier alpha value is -1.87. The van der Waals surface area contributed by atoms with Crippen LogP contribution < -0.4 is 5.32 Å². The van der Waals surface area contributed by atoms with Crippen molar-refractivity contribution in [1.29, 1.82) is 0 Å². The van der Waals surface area contributed by atoms with E-state index in [0.717, 1.165) is 25.2 Å². The molecule has 20 heavy (non-hydrogen) atoms. The molecule has 3 heteroatoms. The van der Waals surface area contributed by atoms with Crippen LogP contribution in [-0.2, 0) is 11.2 Å². The zero-order valence-electron chi connectivity index (χ0n) is 11.8. The first-order valence-corrected chi connectivity index (χ1v) is 7.21. The summed E-state index contributed by atoms with van der Waals surface area (Å²) in [6.45, 7) is 4.64. The van der Waals surface area contributed by atoms with Crippen LogP contribution in [0.3, 0.4) is 0 Å². The van der Waals surface area contributed by atoms with Crippen molar-refractivity contribution >= 4 is 16.7 Å². The van der Waals surface area contributed by atoms with Crippen molar-refractivity contribution in [3.63, 3.8) is 0 Å². The first kappa shape index (κ1) is 13.1. The Morgan fingerprint density at radius 2 is 2.05 bits per heavy atom. The fourth-order valence-corrected chi connectivity index (χ4v) is 2.79. The number of nitrogens with one attached hydrogen (secondary N) is 1. The molecule has 1 aliphatic heterocycles. The molecule has 1 heterocycles. The average molecular weight is 268 g/mol. The molecular formula is C17H20N2O. The van der Waals surface area contributed by atoms with E-state index in [0.29, 0.717) is 12.5 Å². The molecule has 3 nitrogen and oxygen atoms in total. The van der Waals surface area contributed by atoms with E-state index in [9.17, 15) is 4.79 Å². The average Bonchev–Trinajstić information content (AvgIpc) is 2.47. The van der Waals surface area contributed by atoms with Gasteiger partial charge in [0.05, 0.1) is 6.42 Å². The van der Waals surface area contributed by atoms with E-state index >= 15 is 0 Å². The highest BCUT2D eigenvalue weighted by Gasteiger charge is 2.20. The molecule has 1 N–H and O–H groups in total. The van der Waals surface area contributed by atoms with Crippen LogP contribution in [0, 0.1) is 0 Å². The third-order valence-electron chi connectivity index (χ3n) is 3.89. The lowest BCUT2D eigenvalue weighted by Crippen LogP contribution is -2.51. The van der Waals surface area contributed by atoms with Gasteiger partial charge in [-0.15, -0.1) is 0 Å². The number of rotatable bonds is 2. The van der Waals surface area contributed by atoms with Crippen LogP contribution in [0.25, 0.3) is 10.8 Å². The normalized spacial score (nSPS) is 19.2. The summed E-state index contributed by atoms with van der Waals surface area (Å²) in [7, 11) is 0. The molecule has 0 saturated carbocycles. The number of piperazine rings is 1. The second kappa shape index (κ2) is 5.63. The number of benzene rings is 2. The molecule has 0 unspecified atom stereocenters. The summed E-state index contributed by atoms with van der Waals surface area (Å²) in [5, 5.41) is 5.78. The van der Waals surface area contributed by atoms with Crippen molar-refractivity contribution in [1.82, 2.24) is 10.2 Å². The first-order chi connectivity index (χ1) is 9.72. The van der Waals surface area contributed by atoms with Gasteiger partial charge in [0.1, 0.15) is 0 Å². The minimum absolute atomic E-state index is 0.230. The maximum Gasteiger partial charge on any atom is 0.227 e. The van der Waals surface area contributed by atoms with Gasteiger partial charge < -0.3 is 10.2 Å². The highest BCUT2D eigenvalue weighted by Crippen LogP contribution is 2.16. The van der Waals surface area contributed by atoms with Crippen molar-refractivity contribution in [2.24, 2.45) is 0 Å². The maximum atomic E-state index is 12.3. The number of carbonyl (C=O) groups excluding carboxylic acids is 1. The highest BCUT2D eigenvalue weighted by molar-refractivity contribution is 5.85. The van der Waals surface area contributed by atoms with Crippen molar-refractivity contribution < 1.29 is 4.79 Å². The van der Waals surface area contributed by atoms with Gasteiger partial charge in [0, 0.05) is 25.7 Å². The molecule has 0 radical (unpaired) electrons. The minimum atomic E-state index is 0.230. The van der Waals surface area contributed by atoms with Crippen LogP contribution in [0.5, 0.6) is 0 Å². The smallest absolute Gasteiger partial charge is 0.227 e. The highest BCUT2D eigenvalue weighted by atomic mass is 16.2. The summed E-state index contributed by atoms with van der Waals surface area (Å²) in [4.78, 5) is 14.3. The predicted molar refractivity (Wildman–Crippen MR) is 81.7 cm³/mol. The number of hydrogen-bond acceptors (Lipinski definition) is 2. The van der Waals surface area contributed by atoms with E-state index in [4.69, 9.17) is 0 Å². The fourth-order valence-electron chi connectivity index (χ4n) is 2.79. The molecule has 104 valence electrons. The zero-order valence-corrected chi connectivity index (χ0v) is 11.8. The van der Waals surface area contributed by atoms with Gasteiger partial charge in [0.15, 0.2) is 0 Å². The van der Waals surface area contributed by atoms with Crippen LogP contribution in [0.2, 0.25) is 0 Å². The Kier molecular flexibility index (Phi) is 3.70. The van der Waals surface area contributed by atoms with Crippen molar-refractivity contribution in [3.8, 4) is 0 Å². The van der Waals surface area contributed by atoms with Gasteiger partial charge in [-0.05, 0) is 23.3 Å². The molecule has 0 aromatic heterocycles. The number of nitrogens with zero attached hydrogens (tertiary/aromatic N) is 1. The molecule has 0 spiro atoms. The molecule has 1 saturated heterocycles. The lowest BCUT2D eigenvalue weighted by molar-refractivity contribution is -0.131. The van der Waals surface area contributed by atoms with Crippen molar-refractivity contribution in [2.45, 2.75) is 19.4 Å². The van der Waals surface area contributed by atoms with E-state index in [-0.39, 0.29) is 5.91 Å². The molecule has 1 atom stereocenters. The summed E-state index contributed by atoms with van der Waals surface area (Å²) >= 11 is 0. The summed E-state index contributed by atoms with van der Waals surface area (Å²) in [6.07, 6.45) is 0.498. The number of fused-ring (bicyclic) bond motifs is 1. The SMILES string of the molecule is C[C@H]1CN(C(=O)Cc2ccc3ccccc3c2)CCN1. The molecule has 0 bridgehead atoms. The number of amides is 1. The Labute approximate surface area is 119 Å². The van der Waals surface area contributed by atoms with E-state index < -0.39 is 0 Å². The van der Waals surface area contributed by atoms with Gasteiger partial charge in [-0.25, -0.2) is 0 Å². The second-order valence-corrected chi connectivity index (χ2v) is 5.55. The van der Waals surface area contributed by atoms with E-state index in [1.165, 1.54) is 10.8 Å². The Bertz CT molecular complexity index is 623. The molecule has 2 aromatic rings. The van der Waals surface area contributed by atoms with Gasteiger partial charge in [-0.3, -0.25) is 4.79 Å². The molecular weight excluding hydrogens is 248 g/mol. The minimum Gasteiger partial charge on any atom is -0.340 e. The predicted octanol–water partition coefficient (Wildman–Crippen LogP) is 2.20. The van der Waals surface area contributed by atoms with E-state index in [2.05, 4.69) is 42.6 Å². The quantitative estimate of drug-likeness (QED) is 0.905. The largest absolute Gasteiger partial charge is 0.340 e. The standard InChI is InChI=1S/C17H20N2O/c1-13-12-19(9-8-18-13)17(20)11-14-6-7-15-4-2-3-5-16(15)10-14/h2-7,10,13,18H,8-9,11-12H2,1H3/t13-/m0/s1. The van der Waals surface area contributed by atoms with Crippen molar-refractivity contribution in [3.05, 3.63) is 48.0 Å². The first-order valence-electron chi connectivity index (χ1n) is 7.21. The van der Waals surface area contributed by atoms with Gasteiger partial charge in [-0.1, -0.05) is 42.5 Å². The number of carbonyl (C=O) groups is 1. The topological polar surface area (TPSA) is 32.3 Å². The molecule has 0 aliphatic carbocycles. The zero-order chi connectivity index (χ0) is 13.9. The molecule has 1 amide bonds. The summed E-state index contributed by atoms with van der Waals surface area (Å²) in [5.41, 5.74) is 1.10. The molecule has 1 aliphatic rings. The lowest BCUT2D eigenvalue weighted by atomic mass is 10.0. The monoisotopic (exact) mass is 268 g/mol. The van der Waals surface area contributed by atoms with Gasteiger partial charge >= 0.3 is 0 Å². The summed E-state index contributed by atoms with van der Waals surface area (Å²) < 4.78 is 0. The summed E-state index contributed by atoms with van der Waals surface area (Å²) in [5.74, 6) is 0.230. The third kappa shape index (κ3) is 2.83. The van der Waals surface area contributed by atoms with Crippen LogP contribution in [0.15, 0.2) is 42.5 Å². The molecule has 1 fully saturated rings. The van der Waals surface area contributed by atoms with Gasteiger partial charge in [-0.2, -0.15) is 0 Å². The Morgan fingerprint density at radius 1 is 1.25 bits per heavy atom. The third-order valence-corrected chi connectivity index (χ3v) is 3.89. The number of hydrogen-bond donors (Lipinski definition) is 1. The second-order valence-electron chi connectivity index (χ2n) is 5.55. The van der Waals surface area contributed by atoms with Crippen LogP contribution in [-0.4, -0.2) is 36.5 Å². The van der Waals surface area contributed by atoms with Crippen molar-refractivity contribution in [2.75, 3.05) is 19.6 Å².